The van der Waals surface area contributed by atoms with Gasteiger partial charge in [0.15, 0.2) is 0 Å². The molecule has 0 aliphatic carbocycles. The van der Waals surface area contributed by atoms with Gasteiger partial charge >= 0.3 is 0 Å². The monoisotopic (exact) mass is 296 g/mol. The van der Waals surface area contributed by atoms with Crippen LogP contribution in [0.2, 0.25) is 0 Å². The Balaban J connectivity index is 2.00. The molecule has 0 saturated heterocycles. The maximum atomic E-state index is 12.9. The summed E-state index contributed by atoms with van der Waals surface area (Å²) in [6.07, 6.45) is 1.85. The number of benzene rings is 2. The Morgan fingerprint density at radius 3 is 2.30 bits per heavy atom. The van der Waals surface area contributed by atoms with Gasteiger partial charge in [-0.3, -0.25) is 9.20 Å². The number of hydrogen-bond donors (Lipinski definition) is 0. The van der Waals surface area contributed by atoms with Gasteiger partial charge in [0.25, 0.3) is 0 Å². The molecule has 3 nitrogen and oxygen atoms in total. The predicted octanol–water partition coefficient (Wildman–Crippen LogP) is 4.11. The van der Waals surface area contributed by atoms with Crippen LogP contribution in [-0.4, -0.2) is 9.38 Å². The van der Waals surface area contributed by atoms with Gasteiger partial charge < -0.3 is 0 Å². The van der Waals surface area contributed by atoms with E-state index in [4.69, 9.17) is 0 Å². The second-order valence-electron chi connectivity index (χ2n) is 5.71. The van der Waals surface area contributed by atoms with E-state index in [0.29, 0.717) is 5.52 Å². The van der Waals surface area contributed by atoms with E-state index in [-0.39, 0.29) is 5.43 Å². The molecule has 0 radical (unpaired) electrons. The van der Waals surface area contributed by atoms with E-state index in [1.165, 1.54) is 0 Å². The van der Waals surface area contributed by atoms with E-state index >= 15 is 0 Å². The van der Waals surface area contributed by atoms with Crippen LogP contribution in [0.3, 0.4) is 0 Å². The van der Waals surface area contributed by atoms with Crippen molar-refractivity contribution in [2.24, 2.45) is 0 Å². The van der Waals surface area contributed by atoms with Crippen molar-refractivity contribution in [3.05, 3.63) is 83.2 Å². The fourth-order valence-corrected chi connectivity index (χ4v) is 3.31. The molecule has 108 valence electrons. The van der Waals surface area contributed by atoms with Crippen molar-refractivity contribution < 1.29 is 0 Å². The zero-order valence-corrected chi connectivity index (χ0v) is 12.2. The number of rotatable bonds is 1. The fraction of sp³-hybridized carbons (Fsp3) is 0. The Morgan fingerprint density at radius 1 is 0.739 bits per heavy atom. The van der Waals surface area contributed by atoms with Gasteiger partial charge in [0, 0.05) is 10.8 Å². The lowest BCUT2D eigenvalue weighted by atomic mass is 10.0. The van der Waals surface area contributed by atoms with Crippen molar-refractivity contribution in [1.82, 2.24) is 9.38 Å². The molecule has 0 aliphatic rings. The van der Waals surface area contributed by atoms with Crippen LogP contribution in [0.15, 0.2) is 77.7 Å². The molecule has 0 bridgehead atoms. The molecule has 23 heavy (non-hydrogen) atoms. The van der Waals surface area contributed by atoms with Crippen LogP contribution >= 0.6 is 0 Å². The minimum absolute atomic E-state index is 0.0499. The molecule has 0 fully saturated rings. The molecular formula is C20H12N2O. The number of hydrogen-bond acceptors (Lipinski definition) is 2. The topological polar surface area (TPSA) is 34.4 Å². The van der Waals surface area contributed by atoms with Crippen molar-refractivity contribution in [1.29, 1.82) is 0 Å². The van der Waals surface area contributed by atoms with E-state index in [0.717, 1.165) is 33.1 Å². The van der Waals surface area contributed by atoms with Crippen LogP contribution in [0, 0.1) is 0 Å². The molecule has 0 amide bonds. The van der Waals surface area contributed by atoms with Gasteiger partial charge in [0.1, 0.15) is 5.65 Å². The largest absolute Gasteiger partial charge is 0.289 e. The van der Waals surface area contributed by atoms with Crippen LogP contribution < -0.4 is 5.43 Å². The Bertz CT molecular complexity index is 1220. The van der Waals surface area contributed by atoms with E-state index in [2.05, 4.69) is 4.98 Å². The van der Waals surface area contributed by atoms with Crippen LogP contribution in [0.25, 0.3) is 38.6 Å². The first-order valence-corrected chi connectivity index (χ1v) is 7.54. The molecule has 3 heteroatoms. The first-order valence-electron chi connectivity index (χ1n) is 7.54. The summed E-state index contributed by atoms with van der Waals surface area (Å²) in [5, 5.41) is 1.69. The second-order valence-corrected chi connectivity index (χ2v) is 5.71. The van der Waals surface area contributed by atoms with Gasteiger partial charge in [0.05, 0.1) is 17.2 Å². The number of imidazole rings is 1. The fourth-order valence-electron chi connectivity index (χ4n) is 3.31. The maximum Gasteiger partial charge on any atom is 0.210 e. The number of fused-ring (bicyclic) bond motifs is 2. The maximum absolute atomic E-state index is 12.9. The van der Waals surface area contributed by atoms with Crippen LogP contribution in [0.1, 0.15) is 0 Å². The zero-order valence-electron chi connectivity index (χ0n) is 12.2. The zero-order chi connectivity index (χ0) is 15.4. The Kier molecular flexibility index (Phi) is 2.36. The molecule has 0 spiro atoms. The summed E-state index contributed by atoms with van der Waals surface area (Å²) in [7, 11) is 0. The lowest BCUT2D eigenvalue weighted by molar-refractivity contribution is 1.28. The minimum atomic E-state index is 0.0499. The molecule has 0 unspecified atom stereocenters. The quantitative estimate of drug-likeness (QED) is 0.436. The van der Waals surface area contributed by atoms with Gasteiger partial charge in [-0.25, -0.2) is 4.98 Å². The summed E-state index contributed by atoms with van der Waals surface area (Å²) < 4.78 is 1.96. The SMILES string of the molecule is O=c1c2ccccc2c2cnc3cc(-c4ccccc4)cc1n32. The van der Waals surface area contributed by atoms with Crippen LogP contribution in [-0.2, 0) is 0 Å². The summed E-state index contributed by atoms with van der Waals surface area (Å²) in [5.41, 5.74) is 4.60. The van der Waals surface area contributed by atoms with Crippen LogP contribution in [0.5, 0.6) is 0 Å². The van der Waals surface area contributed by atoms with Gasteiger partial charge in [-0.2, -0.15) is 0 Å². The summed E-state index contributed by atoms with van der Waals surface area (Å²) in [5.74, 6) is 0. The predicted molar refractivity (Wildman–Crippen MR) is 93.1 cm³/mol. The highest BCUT2D eigenvalue weighted by Crippen LogP contribution is 2.27. The standard InChI is InChI=1S/C20H12N2O/c23-20-16-9-5-4-8-15(16)18-12-21-19-11-14(10-17(20)22(18)19)13-6-2-1-3-7-13/h1-12H. The highest BCUT2D eigenvalue weighted by molar-refractivity contribution is 6.00. The smallest absolute Gasteiger partial charge is 0.210 e. The van der Waals surface area contributed by atoms with E-state index < -0.39 is 0 Å². The Morgan fingerprint density at radius 2 is 1.48 bits per heavy atom. The summed E-state index contributed by atoms with van der Waals surface area (Å²) in [6.45, 7) is 0. The summed E-state index contributed by atoms with van der Waals surface area (Å²) in [6, 6.07) is 21.8. The van der Waals surface area contributed by atoms with Crippen molar-refractivity contribution >= 4 is 27.5 Å². The lowest BCUT2D eigenvalue weighted by Gasteiger charge is -2.08. The van der Waals surface area contributed by atoms with Gasteiger partial charge in [-0.05, 0) is 23.3 Å². The third-order valence-electron chi connectivity index (χ3n) is 4.39. The Labute approximate surface area is 131 Å². The second kappa shape index (κ2) is 4.40. The normalized spacial score (nSPS) is 11.7. The molecule has 3 aromatic heterocycles. The van der Waals surface area contributed by atoms with E-state index in [1.807, 2.05) is 77.3 Å². The van der Waals surface area contributed by atoms with Crippen molar-refractivity contribution in [3.8, 4) is 11.1 Å². The van der Waals surface area contributed by atoms with E-state index in [9.17, 15) is 4.79 Å². The third kappa shape index (κ3) is 1.64. The van der Waals surface area contributed by atoms with E-state index in [1.54, 1.807) is 0 Å². The first-order chi connectivity index (χ1) is 11.3. The number of aromatic nitrogens is 2. The molecule has 3 heterocycles. The summed E-state index contributed by atoms with van der Waals surface area (Å²) >= 11 is 0. The molecule has 0 atom stereocenters. The average Bonchev–Trinajstić information content (AvgIpc) is 3.05. The molecule has 0 saturated carbocycles. The molecule has 2 aromatic carbocycles. The summed E-state index contributed by atoms with van der Waals surface area (Å²) in [4.78, 5) is 17.4. The Hall–Kier alpha value is -3.20. The van der Waals surface area contributed by atoms with Crippen molar-refractivity contribution in [2.75, 3.05) is 0 Å². The van der Waals surface area contributed by atoms with Gasteiger partial charge in [-0.1, -0.05) is 54.6 Å². The number of pyridine rings is 2. The first kappa shape index (κ1) is 12.4. The van der Waals surface area contributed by atoms with Crippen LogP contribution in [0.4, 0.5) is 0 Å². The molecule has 0 aliphatic heterocycles. The van der Waals surface area contributed by atoms with Gasteiger partial charge in [0.2, 0.25) is 5.43 Å². The molecular weight excluding hydrogens is 284 g/mol. The highest BCUT2D eigenvalue weighted by Gasteiger charge is 2.13. The lowest BCUT2D eigenvalue weighted by Crippen LogP contribution is -2.08. The third-order valence-corrected chi connectivity index (χ3v) is 4.39. The van der Waals surface area contributed by atoms with Crippen molar-refractivity contribution in [3.63, 3.8) is 0 Å². The average molecular weight is 296 g/mol. The highest BCUT2D eigenvalue weighted by atomic mass is 16.1. The van der Waals surface area contributed by atoms with Crippen molar-refractivity contribution in [2.45, 2.75) is 0 Å². The molecule has 5 aromatic rings. The number of nitrogens with zero attached hydrogens (tertiary/aromatic N) is 2. The minimum Gasteiger partial charge on any atom is -0.289 e. The molecule has 5 rings (SSSR count). The molecule has 0 N–H and O–H groups in total. The van der Waals surface area contributed by atoms with Gasteiger partial charge in [-0.15, -0.1) is 0 Å².